The van der Waals surface area contributed by atoms with Crippen LogP contribution in [0.1, 0.15) is 37.0 Å². The summed E-state index contributed by atoms with van der Waals surface area (Å²) >= 11 is 0. The lowest BCUT2D eigenvalue weighted by molar-refractivity contribution is -0.189. The van der Waals surface area contributed by atoms with Gasteiger partial charge in [0.15, 0.2) is 5.75 Å². The summed E-state index contributed by atoms with van der Waals surface area (Å²) in [6.07, 6.45) is -3.73. The van der Waals surface area contributed by atoms with E-state index in [2.05, 4.69) is 25.4 Å². The molecule has 0 spiro atoms. The number of sulfonamides is 1. The van der Waals surface area contributed by atoms with Crippen molar-refractivity contribution in [2.45, 2.75) is 43.8 Å². The van der Waals surface area contributed by atoms with Gasteiger partial charge in [-0.3, -0.25) is 14.3 Å². The van der Waals surface area contributed by atoms with Crippen LogP contribution in [-0.4, -0.2) is 58.1 Å². The first-order valence-electron chi connectivity index (χ1n) is 14.8. The highest BCUT2D eigenvalue weighted by atomic mass is 32.2. The summed E-state index contributed by atoms with van der Waals surface area (Å²) in [4.78, 5) is 37.6. The summed E-state index contributed by atoms with van der Waals surface area (Å²) in [5.41, 5.74) is -0.589. The van der Waals surface area contributed by atoms with Crippen LogP contribution in [-0.2, 0) is 19.6 Å². The molecule has 0 aromatic heterocycles. The number of amides is 2. The van der Waals surface area contributed by atoms with E-state index < -0.39 is 62.2 Å². The van der Waals surface area contributed by atoms with Gasteiger partial charge in [-0.05, 0) is 74.2 Å². The topological polar surface area (TPSA) is 152 Å². The van der Waals surface area contributed by atoms with Crippen molar-refractivity contribution in [3.8, 4) is 17.2 Å². The van der Waals surface area contributed by atoms with Crippen LogP contribution in [0.2, 0.25) is 0 Å². The van der Waals surface area contributed by atoms with Gasteiger partial charge in [0, 0.05) is 12.6 Å². The summed E-state index contributed by atoms with van der Waals surface area (Å²) in [5, 5.41) is 8.53. The van der Waals surface area contributed by atoms with Gasteiger partial charge in [0.2, 0.25) is 5.91 Å². The number of carbonyl (C=O) groups excluding carboxylic acids is 3. The van der Waals surface area contributed by atoms with Crippen LogP contribution in [0.5, 0.6) is 17.2 Å². The molecule has 1 fully saturated rings. The molecule has 4 N–H and O–H groups in total. The van der Waals surface area contributed by atoms with Gasteiger partial charge in [0.25, 0.3) is 15.9 Å². The van der Waals surface area contributed by atoms with E-state index in [9.17, 15) is 36.0 Å². The Morgan fingerprint density at radius 2 is 1.60 bits per heavy atom. The maximum Gasteiger partial charge on any atom is 0.491 e. The largest absolute Gasteiger partial charge is 0.491 e. The number of hydrogen-bond donors (Lipinski definition) is 4. The standard InChI is InChI=1S/C32H35F3N4O7S/c1-20(2)28(30(41)37-19-21-14-16-36-17-15-21)38-29(40)24-13-12-23(18-27(24)46-31(42)32(33,34)35)47(43,44)39-25-10-6-7-11-26(25)45-22-8-4-3-5-9-22/h3-13,18,20-21,28,36,39H,14-17,19H2,1-2H3,(H,37,41)(H,38,40)/t28-/m0/s1. The number of anilines is 1. The molecular formula is C32H35F3N4O7S. The normalized spacial score (nSPS) is 14.6. The van der Waals surface area contributed by atoms with Gasteiger partial charge in [-0.1, -0.05) is 44.2 Å². The first-order valence-corrected chi connectivity index (χ1v) is 16.3. The number of benzene rings is 3. The molecule has 0 unspecified atom stereocenters. The Labute approximate surface area is 270 Å². The Balaban J connectivity index is 1.59. The molecule has 11 nitrogen and oxygen atoms in total. The molecule has 0 radical (unpaired) electrons. The molecule has 1 aliphatic heterocycles. The van der Waals surface area contributed by atoms with Crippen molar-refractivity contribution in [1.82, 2.24) is 16.0 Å². The second-order valence-electron chi connectivity index (χ2n) is 11.2. The highest BCUT2D eigenvalue weighted by Gasteiger charge is 2.42. The van der Waals surface area contributed by atoms with Crippen molar-refractivity contribution in [2.24, 2.45) is 11.8 Å². The molecule has 3 aromatic carbocycles. The maximum absolute atomic E-state index is 13.4. The highest BCUT2D eigenvalue weighted by Crippen LogP contribution is 2.32. The van der Waals surface area contributed by atoms with Crippen molar-refractivity contribution in [1.29, 1.82) is 0 Å². The molecule has 0 aliphatic carbocycles. The van der Waals surface area contributed by atoms with Crippen LogP contribution in [0.25, 0.3) is 0 Å². The molecule has 1 atom stereocenters. The van der Waals surface area contributed by atoms with Gasteiger partial charge in [-0.25, -0.2) is 13.2 Å². The number of esters is 1. The van der Waals surface area contributed by atoms with E-state index in [4.69, 9.17) is 4.74 Å². The number of alkyl halides is 3. The predicted octanol–water partition coefficient (Wildman–Crippen LogP) is 4.62. The molecule has 0 bridgehead atoms. The van der Waals surface area contributed by atoms with Gasteiger partial charge >= 0.3 is 12.1 Å². The van der Waals surface area contributed by atoms with Crippen LogP contribution in [0.15, 0.2) is 77.7 Å². The summed E-state index contributed by atoms with van der Waals surface area (Å²) < 4.78 is 79.0. The van der Waals surface area contributed by atoms with E-state index in [0.29, 0.717) is 18.4 Å². The number of para-hydroxylation sites is 3. The van der Waals surface area contributed by atoms with Crippen molar-refractivity contribution in [2.75, 3.05) is 24.4 Å². The van der Waals surface area contributed by atoms with Crippen molar-refractivity contribution in [3.05, 3.63) is 78.4 Å². The minimum absolute atomic E-state index is 0.00212. The molecule has 1 saturated heterocycles. The van der Waals surface area contributed by atoms with Crippen molar-refractivity contribution < 1.29 is 45.4 Å². The van der Waals surface area contributed by atoms with E-state index in [0.717, 1.165) is 38.1 Å². The smallest absolute Gasteiger partial charge is 0.455 e. The SMILES string of the molecule is CC(C)[C@H](NC(=O)c1ccc(S(=O)(=O)Nc2ccccc2Oc2ccccc2)cc1OC(=O)C(F)(F)F)C(=O)NCC1CCNCC1. The minimum atomic E-state index is -5.45. The molecule has 4 rings (SSSR count). The lowest BCUT2D eigenvalue weighted by Crippen LogP contribution is -2.51. The van der Waals surface area contributed by atoms with Crippen molar-refractivity contribution >= 4 is 33.5 Å². The van der Waals surface area contributed by atoms with Crippen LogP contribution in [0.4, 0.5) is 18.9 Å². The molecular weight excluding hydrogens is 641 g/mol. The van der Waals surface area contributed by atoms with E-state index in [1.165, 1.54) is 18.2 Å². The number of halogens is 3. The zero-order valence-corrected chi connectivity index (χ0v) is 26.4. The average Bonchev–Trinajstić information content (AvgIpc) is 3.03. The van der Waals surface area contributed by atoms with Crippen LogP contribution in [0, 0.1) is 11.8 Å². The van der Waals surface area contributed by atoms with Gasteiger partial charge in [-0.15, -0.1) is 0 Å². The van der Waals surface area contributed by atoms with E-state index in [1.54, 1.807) is 50.2 Å². The monoisotopic (exact) mass is 676 g/mol. The molecule has 1 heterocycles. The predicted molar refractivity (Wildman–Crippen MR) is 167 cm³/mol. The second kappa shape index (κ2) is 15.3. The fourth-order valence-corrected chi connectivity index (χ4v) is 5.84. The number of carbonyl (C=O) groups is 3. The Morgan fingerprint density at radius 1 is 0.936 bits per heavy atom. The third kappa shape index (κ3) is 9.68. The fourth-order valence-electron chi connectivity index (χ4n) is 4.75. The number of ether oxygens (including phenoxy) is 2. The fraction of sp³-hybridized carbons (Fsp3) is 0.344. The number of piperidine rings is 1. The molecule has 15 heteroatoms. The van der Waals surface area contributed by atoms with Crippen LogP contribution in [0.3, 0.4) is 0 Å². The third-order valence-electron chi connectivity index (χ3n) is 7.30. The average molecular weight is 677 g/mol. The Bertz CT molecular complexity index is 1680. The Kier molecular flexibility index (Phi) is 11.5. The molecule has 47 heavy (non-hydrogen) atoms. The lowest BCUT2D eigenvalue weighted by atomic mass is 9.97. The lowest BCUT2D eigenvalue weighted by Gasteiger charge is -2.26. The molecule has 0 saturated carbocycles. The zero-order chi connectivity index (χ0) is 34.2. The molecule has 1 aliphatic rings. The molecule has 3 aromatic rings. The van der Waals surface area contributed by atoms with E-state index >= 15 is 0 Å². The van der Waals surface area contributed by atoms with E-state index in [-0.39, 0.29) is 17.4 Å². The summed E-state index contributed by atoms with van der Waals surface area (Å²) in [5.74, 6) is -4.84. The minimum Gasteiger partial charge on any atom is -0.455 e. The highest BCUT2D eigenvalue weighted by molar-refractivity contribution is 7.92. The maximum atomic E-state index is 13.4. The molecule has 252 valence electrons. The van der Waals surface area contributed by atoms with Gasteiger partial charge in [0.05, 0.1) is 16.1 Å². The van der Waals surface area contributed by atoms with Gasteiger partial charge in [-0.2, -0.15) is 13.2 Å². The van der Waals surface area contributed by atoms with E-state index in [1.807, 2.05) is 0 Å². The van der Waals surface area contributed by atoms with Gasteiger partial charge in [0.1, 0.15) is 17.5 Å². The van der Waals surface area contributed by atoms with Crippen LogP contribution < -0.4 is 30.1 Å². The summed E-state index contributed by atoms with van der Waals surface area (Å²) in [7, 11) is -4.54. The van der Waals surface area contributed by atoms with Crippen LogP contribution >= 0.6 is 0 Å². The number of hydrogen-bond acceptors (Lipinski definition) is 8. The second-order valence-corrected chi connectivity index (χ2v) is 12.9. The van der Waals surface area contributed by atoms with Gasteiger partial charge < -0.3 is 25.4 Å². The number of nitrogens with one attached hydrogen (secondary N) is 4. The molecule has 2 amide bonds. The Morgan fingerprint density at radius 3 is 2.26 bits per heavy atom. The third-order valence-corrected chi connectivity index (χ3v) is 8.67. The first-order chi connectivity index (χ1) is 22.2. The first kappa shape index (κ1) is 35.2. The zero-order valence-electron chi connectivity index (χ0n) is 25.6. The van der Waals surface area contributed by atoms with Crippen molar-refractivity contribution in [3.63, 3.8) is 0 Å². The summed E-state index contributed by atoms with van der Waals surface area (Å²) in [6.45, 7) is 5.35. The quantitative estimate of drug-likeness (QED) is 0.160. The summed E-state index contributed by atoms with van der Waals surface area (Å²) in [6, 6.07) is 16.0. The number of rotatable bonds is 12. The Hall–Kier alpha value is -4.63.